The molecule has 1 aromatic carbocycles. The summed E-state index contributed by atoms with van der Waals surface area (Å²) in [4.78, 5) is 10.9. The van der Waals surface area contributed by atoms with E-state index in [1.54, 1.807) is 12.1 Å². The molecule has 7 heteroatoms. The molecule has 1 amide bonds. The lowest BCUT2D eigenvalue weighted by atomic mass is 10.2. The number of anilines is 1. The van der Waals surface area contributed by atoms with Gasteiger partial charge in [-0.15, -0.1) is 0 Å². The summed E-state index contributed by atoms with van der Waals surface area (Å²) in [5, 5.41) is 14.3. The number of nitrogens with zero attached hydrogens (tertiary/aromatic N) is 1. The van der Waals surface area contributed by atoms with Gasteiger partial charge in [0.15, 0.2) is 5.11 Å². The molecule has 5 nitrogen and oxygen atoms in total. The lowest BCUT2D eigenvalue weighted by Crippen LogP contribution is -2.34. The molecule has 1 rings (SSSR count). The monoisotopic (exact) mass is 269 g/mol. The number of hydrogen-bond donors (Lipinski definition) is 2. The third-order valence-electron chi connectivity index (χ3n) is 1.75. The highest BCUT2D eigenvalue weighted by Gasteiger charge is 2.07. The van der Waals surface area contributed by atoms with Crippen molar-refractivity contribution in [1.29, 1.82) is 5.26 Å². The van der Waals surface area contributed by atoms with Crippen molar-refractivity contribution in [2.45, 2.75) is 0 Å². The summed E-state index contributed by atoms with van der Waals surface area (Å²) in [6, 6.07) is 6.64. The first-order valence-electron chi connectivity index (χ1n) is 4.42. The Bertz CT molecular complexity index is 499. The molecule has 0 aromatic heterocycles. The molecule has 0 aliphatic rings. The normalized spacial score (nSPS) is 9.00. The minimum absolute atomic E-state index is 0.0237. The summed E-state index contributed by atoms with van der Waals surface area (Å²) in [7, 11) is 1.22. The van der Waals surface area contributed by atoms with Gasteiger partial charge in [0.25, 0.3) is 0 Å². The average Bonchev–Trinajstić information content (AvgIpc) is 2.29. The molecular formula is C10H8ClN3O2S. The van der Waals surface area contributed by atoms with Crippen LogP contribution in [0.5, 0.6) is 0 Å². The number of benzene rings is 1. The summed E-state index contributed by atoms with van der Waals surface area (Å²) in [5.74, 6) is 0. The topological polar surface area (TPSA) is 74.2 Å². The van der Waals surface area contributed by atoms with Crippen molar-refractivity contribution in [3.63, 3.8) is 0 Å². The lowest BCUT2D eigenvalue weighted by Gasteiger charge is -2.10. The zero-order valence-electron chi connectivity index (χ0n) is 8.78. The van der Waals surface area contributed by atoms with Crippen LogP contribution in [0.4, 0.5) is 10.5 Å². The van der Waals surface area contributed by atoms with E-state index in [4.69, 9.17) is 29.1 Å². The Morgan fingerprint density at radius 2 is 2.29 bits per heavy atom. The van der Waals surface area contributed by atoms with Gasteiger partial charge in [-0.1, -0.05) is 11.6 Å². The van der Waals surface area contributed by atoms with Crippen LogP contribution in [-0.4, -0.2) is 18.3 Å². The van der Waals surface area contributed by atoms with Crippen molar-refractivity contribution in [2.24, 2.45) is 0 Å². The quantitative estimate of drug-likeness (QED) is 0.765. The van der Waals surface area contributed by atoms with Crippen LogP contribution < -0.4 is 10.6 Å². The van der Waals surface area contributed by atoms with E-state index in [0.29, 0.717) is 16.3 Å². The first-order valence-corrected chi connectivity index (χ1v) is 5.21. The largest absolute Gasteiger partial charge is 0.453 e. The van der Waals surface area contributed by atoms with Crippen LogP contribution in [-0.2, 0) is 4.74 Å². The van der Waals surface area contributed by atoms with Gasteiger partial charge in [-0.3, -0.25) is 5.32 Å². The Kier molecular flexibility index (Phi) is 4.69. The van der Waals surface area contributed by atoms with Crippen molar-refractivity contribution in [3.8, 4) is 6.07 Å². The van der Waals surface area contributed by atoms with Crippen LogP contribution in [0.2, 0.25) is 5.02 Å². The van der Waals surface area contributed by atoms with Gasteiger partial charge in [0.05, 0.1) is 18.4 Å². The number of amides is 1. The minimum atomic E-state index is -0.692. The van der Waals surface area contributed by atoms with E-state index in [2.05, 4.69) is 15.4 Å². The number of carbonyl (C=O) groups excluding carboxylic acids is 1. The molecule has 0 heterocycles. The first-order chi connectivity index (χ1) is 8.06. The molecule has 0 atom stereocenters. The predicted molar refractivity (Wildman–Crippen MR) is 67.9 cm³/mol. The molecule has 2 N–H and O–H groups in total. The fourth-order valence-corrected chi connectivity index (χ4v) is 1.38. The van der Waals surface area contributed by atoms with Crippen molar-refractivity contribution >= 4 is 40.7 Å². The number of alkyl carbamates (subject to hydrolysis) is 1. The highest BCUT2D eigenvalue weighted by Crippen LogP contribution is 2.20. The molecule has 0 spiro atoms. The Morgan fingerprint density at radius 3 is 2.88 bits per heavy atom. The number of ether oxygens (including phenoxy) is 1. The van der Waals surface area contributed by atoms with Gasteiger partial charge < -0.3 is 10.1 Å². The van der Waals surface area contributed by atoms with E-state index in [1.165, 1.54) is 13.2 Å². The Balaban J connectivity index is 2.81. The van der Waals surface area contributed by atoms with Crippen LogP contribution in [0.1, 0.15) is 5.56 Å². The Labute approximate surface area is 108 Å². The molecule has 0 radical (unpaired) electrons. The highest BCUT2D eigenvalue weighted by molar-refractivity contribution is 7.80. The number of nitriles is 1. The van der Waals surface area contributed by atoms with E-state index in [0.717, 1.165) is 0 Å². The standard InChI is InChI=1S/C10H8ClN3O2S/c1-16-10(15)14-9(17)13-8-4-7(11)3-2-6(8)5-12/h2-4H,1H3,(H2,13,14,15,17). The molecule has 0 unspecified atom stereocenters. The van der Waals surface area contributed by atoms with E-state index >= 15 is 0 Å². The number of carbonyl (C=O) groups is 1. The van der Waals surface area contributed by atoms with Gasteiger partial charge in [0, 0.05) is 5.02 Å². The summed E-state index contributed by atoms with van der Waals surface area (Å²) in [6.07, 6.45) is -0.692. The summed E-state index contributed by atoms with van der Waals surface area (Å²) in [5.41, 5.74) is 0.782. The summed E-state index contributed by atoms with van der Waals surface area (Å²) < 4.78 is 4.37. The third-order valence-corrected chi connectivity index (χ3v) is 2.19. The molecule has 1 aromatic rings. The smallest absolute Gasteiger partial charge is 0.413 e. The highest BCUT2D eigenvalue weighted by atomic mass is 35.5. The zero-order chi connectivity index (χ0) is 12.8. The van der Waals surface area contributed by atoms with E-state index in [9.17, 15) is 4.79 Å². The second-order valence-electron chi connectivity index (χ2n) is 2.87. The molecular weight excluding hydrogens is 262 g/mol. The number of rotatable bonds is 1. The minimum Gasteiger partial charge on any atom is -0.453 e. The summed E-state index contributed by atoms with van der Waals surface area (Å²) >= 11 is 10.6. The van der Waals surface area contributed by atoms with Gasteiger partial charge in [-0.2, -0.15) is 5.26 Å². The average molecular weight is 270 g/mol. The maximum Gasteiger partial charge on any atom is 0.413 e. The number of thiocarbonyl (C=S) groups is 1. The molecule has 88 valence electrons. The molecule has 0 saturated carbocycles. The van der Waals surface area contributed by atoms with Crippen LogP contribution >= 0.6 is 23.8 Å². The van der Waals surface area contributed by atoms with Crippen LogP contribution in [0.3, 0.4) is 0 Å². The molecule has 0 saturated heterocycles. The number of hydrogen-bond acceptors (Lipinski definition) is 4. The molecule has 0 aliphatic carbocycles. The first kappa shape index (κ1) is 13.2. The van der Waals surface area contributed by atoms with Crippen LogP contribution in [0, 0.1) is 11.3 Å². The fraction of sp³-hybridized carbons (Fsp3) is 0.100. The summed E-state index contributed by atoms with van der Waals surface area (Å²) in [6.45, 7) is 0. The van der Waals surface area contributed by atoms with E-state index in [1.807, 2.05) is 6.07 Å². The molecule has 0 bridgehead atoms. The number of halogens is 1. The van der Waals surface area contributed by atoms with Gasteiger partial charge in [-0.25, -0.2) is 4.79 Å². The van der Waals surface area contributed by atoms with Crippen molar-refractivity contribution in [3.05, 3.63) is 28.8 Å². The van der Waals surface area contributed by atoms with Crippen molar-refractivity contribution < 1.29 is 9.53 Å². The van der Waals surface area contributed by atoms with Crippen molar-refractivity contribution in [1.82, 2.24) is 5.32 Å². The molecule has 0 aliphatic heterocycles. The maximum absolute atomic E-state index is 10.9. The lowest BCUT2D eigenvalue weighted by molar-refractivity contribution is 0.177. The number of nitrogens with one attached hydrogen (secondary N) is 2. The second kappa shape index (κ2) is 6.03. The molecule has 17 heavy (non-hydrogen) atoms. The van der Waals surface area contributed by atoms with Crippen LogP contribution in [0.25, 0.3) is 0 Å². The second-order valence-corrected chi connectivity index (χ2v) is 3.72. The predicted octanol–water partition coefficient (Wildman–Crippen LogP) is 2.26. The van der Waals surface area contributed by atoms with E-state index in [-0.39, 0.29) is 5.11 Å². The zero-order valence-corrected chi connectivity index (χ0v) is 10.4. The SMILES string of the molecule is COC(=O)NC(=S)Nc1cc(Cl)ccc1C#N. The van der Waals surface area contributed by atoms with Gasteiger partial charge in [0.1, 0.15) is 6.07 Å². The fourth-order valence-electron chi connectivity index (χ4n) is 1.01. The number of methoxy groups -OCH3 is 1. The maximum atomic E-state index is 10.9. The van der Waals surface area contributed by atoms with Gasteiger partial charge >= 0.3 is 6.09 Å². The Hall–Kier alpha value is -1.84. The third kappa shape index (κ3) is 3.90. The van der Waals surface area contributed by atoms with E-state index < -0.39 is 6.09 Å². The Morgan fingerprint density at radius 1 is 1.59 bits per heavy atom. The van der Waals surface area contributed by atoms with Gasteiger partial charge in [-0.05, 0) is 30.4 Å². The van der Waals surface area contributed by atoms with Crippen LogP contribution in [0.15, 0.2) is 18.2 Å². The molecule has 0 fully saturated rings. The van der Waals surface area contributed by atoms with Crippen molar-refractivity contribution in [2.75, 3.05) is 12.4 Å². The van der Waals surface area contributed by atoms with Gasteiger partial charge in [0.2, 0.25) is 0 Å².